The number of aryl methyl sites for hydroxylation is 1. The van der Waals surface area contributed by atoms with E-state index in [1.54, 1.807) is 10.4 Å². The third kappa shape index (κ3) is 1.65. The van der Waals surface area contributed by atoms with Crippen LogP contribution in [0, 0.1) is 0 Å². The summed E-state index contributed by atoms with van der Waals surface area (Å²) in [5, 5.41) is 2.26. The molecule has 1 heterocycles. The van der Waals surface area contributed by atoms with E-state index < -0.39 is 0 Å². The van der Waals surface area contributed by atoms with Crippen molar-refractivity contribution in [2.24, 2.45) is 5.73 Å². The van der Waals surface area contributed by atoms with Crippen LogP contribution in [0.3, 0.4) is 0 Å². The number of hydrogen-bond donors (Lipinski definition) is 1. The summed E-state index contributed by atoms with van der Waals surface area (Å²) in [6.07, 6.45) is 5.22. The van der Waals surface area contributed by atoms with Crippen molar-refractivity contribution in [3.63, 3.8) is 0 Å². The third-order valence-electron chi connectivity index (χ3n) is 2.76. The SMILES string of the molecule is CC(C)(N)c1csc2c1CCCC2. The summed E-state index contributed by atoms with van der Waals surface area (Å²) in [6, 6.07) is 0. The second kappa shape index (κ2) is 3.10. The Bertz CT molecular complexity index is 306. The highest BCUT2D eigenvalue weighted by Crippen LogP contribution is 2.34. The first-order valence-corrected chi connectivity index (χ1v) is 5.85. The molecule has 2 N–H and O–H groups in total. The molecule has 0 radical (unpaired) electrons. The van der Waals surface area contributed by atoms with Crippen LogP contribution in [0.15, 0.2) is 5.38 Å². The van der Waals surface area contributed by atoms with Crippen LogP contribution in [0.2, 0.25) is 0 Å². The first-order chi connectivity index (χ1) is 6.09. The molecule has 0 amide bonds. The molecule has 0 saturated heterocycles. The van der Waals surface area contributed by atoms with E-state index in [1.807, 2.05) is 11.3 Å². The molecule has 2 heteroatoms. The van der Waals surface area contributed by atoms with Crippen LogP contribution in [0.25, 0.3) is 0 Å². The molecule has 0 aromatic carbocycles. The highest BCUT2D eigenvalue weighted by atomic mass is 32.1. The Morgan fingerprint density at radius 1 is 1.31 bits per heavy atom. The molecule has 0 fully saturated rings. The van der Waals surface area contributed by atoms with E-state index in [4.69, 9.17) is 5.73 Å². The lowest BCUT2D eigenvalue weighted by Crippen LogP contribution is -2.29. The zero-order chi connectivity index (χ0) is 9.47. The van der Waals surface area contributed by atoms with Gasteiger partial charge in [-0.3, -0.25) is 0 Å². The van der Waals surface area contributed by atoms with E-state index in [9.17, 15) is 0 Å². The van der Waals surface area contributed by atoms with E-state index in [1.165, 1.54) is 31.2 Å². The van der Waals surface area contributed by atoms with Crippen molar-refractivity contribution < 1.29 is 0 Å². The molecule has 1 aromatic rings. The molecular weight excluding hydrogens is 178 g/mol. The molecule has 13 heavy (non-hydrogen) atoms. The summed E-state index contributed by atoms with van der Waals surface area (Å²) in [7, 11) is 0. The zero-order valence-electron chi connectivity index (χ0n) is 8.39. The van der Waals surface area contributed by atoms with Gasteiger partial charge < -0.3 is 5.73 Å². The summed E-state index contributed by atoms with van der Waals surface area (Å²) in [5.41, 5.74) is 8.92. The minimum Gasteiger partial charge on any atom is -0.322 e. The van der Waals surface area contributed by atoms with Crippen molar-refractivity contribution in [2.45, 2.75) is 45.1 Å². The summed E-state index contributed by atoms with van der Waals surface area (Å²) < 4.78 is 0. The molecule has 0 bridgehead atoms. The van der Waals surface area contributed by atoms with E-state index in [0.29, 0.717) is 0 Å². The van der Waals surface area contributed by atoms with Gasteiger partial charge in [-0.05, 0) is 56.0 Å². The average Bonchev–Trinajstić information content (AvgIpc) is 2.45. The molecule has 0 aliphatic heterocycles. The van der Waals surface area contributed by atoms with Crippen molar-refractivity contribution in [1.29, 1.82) is 0 Å². The smallest absolute Gasteiger partial charge is 0.0363 e. The van der Waals surface area contributed by atoms with Crippen LogP contribution < -0.4 is 5.73 Å². The van der Waals surface area contributed by atoms with E-state index in [-0.39, 0.29) is 5.54 Å². The molecule has 0 atom stereocenters. The predicted octanol–water partition coefficient (Wildman–Crippen LogP) is 2.82. The number of thiophene rings is 1. The Labute approximate surface area is 84.0 Å². The average molecular weight is 195 g/mol. The molecule has 0 saturated carbocycles. The fourth-order valence-corrected chi connectivity index (χ4v) is 3.36. The first-order valence-electron chi connectivity index (χ1n) is 4.97. The van der Waals surface area contributed by atoms with Crippen LogP contribution in [0.4, 0.5) is 0 Å². The molecule has 1 aliphatic carbocycles. The maximum absolute atomic E-state index is 6.13. The number of fused-ring (bicyclic) bond motifs is 1. The van der Waals surface area contributed by atoms with Crippen molar-refractivity contribution in [3.8, 4) is 0 Å². The van der Waals surface area contributed by atoms with E-state index in [2.05, 4.69) is 19.2 Å². The van der Waals surface area contributed by atoms with E-state index >= 15 is 0 Å². The van der Waals surface area contributed by atoms with Gasteiger partial charge >= 0.3 is 0 Å². The van der Waals surface area contributed by atoms with Gasteiger partial charge in [0.2, 0.25) is 0 Å². The Kier molecular flexibility index (Phi) is 2.20. The summed E-state index contributed by atoms with van der Waals surface area (Å²) in [5.74, 6) is 0. The van der Waals surface area contributed by atoms with Crippen LogP contribution in [0.1, 0.15) is 42.7 Å². The molecule has 72 valence electrons. The number of rotatable bonds is 1. The lowest BCUT2D eigenvalue weighted by Gasteiger charge is -2.22. The highest BCUT2D eigenvalue weighted by molar-refractivity contribution is 7.10. The minimum absolute atomic E-state index is 0.151. The molecule has 1 nitrogen and oxygen atoms in total. The van der Waals surface area contributed by atoms with Gasteiger partial charge in [-0.25, -0.2) is 0 Å². The van der Waals surface area contributed by atoms with Gasteiger partial charge in [0.05, 0.1) is 0 Å². The maximum Gasteiger partial charge on any atom is 0.0363 e. The standard InChI is InChI=1S/C11H17NS/c1-11(2,12)9-7-13-10-6-4-3-5-8(9)10/h7H,3-6,12H2,1-2H3. The third-order valence-corrected chi connectivity index (χ3v) is 3.84. The monoisotopic (exact) mass is 195 g/mol. The summed E-state index contributed by atoms with van der Waals surface area (Å²) >= 11 is 1.90. The van der Waals surface area contributed by atoms with Crippen molar-refractivity contribution in [2.75, 3.05) is 0 Å². The van der Waals surface area contributed by atoms with Gasteiger partial charge in [0, 0.05) is 10.4 Å². The maximum atomic E-state index is 6.13. The van der Waals surface area contributed by atoms with Gasteiger partial charge in [0.25, 0.3) is 0 Å². The second-order valence-electron chi connectivity index (χ2n) is 4.48. The largest absolute Gasteiger partial charge is 0.322 e. The highest BCUT2D eigenvalue weighted by Gasteiger charge is 2.23. The van der Waals surface area contributed by atoms with Gasteiger partial charge in [-0.2, -0.15) is 0 Å². The quantitative estimate of drug-likeness (QED) is 0.732. The fraction of sp³-hybridized carbons (Fsp3) is 0.636. The molecule has 0 unspecified atom stereocenters. The number of nitrogens with two attached hydrogens (primary N) is 1. The summed E-state index contributed by atoms with van der Waals surface area (Å²) in [4.78, 5) is 1.58. The van der Waals surface area contributed by atoms with Crippen LogP contribution >= 0.6 is 11.3 Å². The van der Waals surface area contributed by atoms with Crippen molar-refractivity contribution in [3.05, 3.63) is 21.4 Å². The molecule has 2 rings (SSSR count). The normalized spacial score (nSPS) is 17.2. The second-order valence-corrected chi connectivity index (χ2v) is 5.44. The van der Waals surface area contributed by atoms with Gasteiger partial charge in [0.1, 0.15) is 0 Å². The number of hydrogen-bond acceptors (Lipinski definition) is 2. The fourth-order valence-electron chi connectivity index (χ4n) is 2.03. The topological polar surface area (TPSA) is 26.0 Å². The lowest BCUT2D eigenvalue weighted by atomic mass is 9.88. The van der Waals surface area contributed by atoms with Gasteiger partial charge in [0.15, 0.2) is 0 Å². The van der Waals surface area contributed by atoms with E-state index in [0.717, 1.165) is 0 Å². The first kappa shape index (κ1) is 9.22. The Balaban J connectivity index is 2.43. The minimum atomic E-state index is -0.151. The Morgan fingerprint density at radius 3 is 2.69 bits per heavy atom. The Morgan fingerprint density at radius 2 is 2.00 bits per heavy atom. The van der Waals surface area contributed by atoms with Gasteiger partial charge in [-0.1, -0.05) is 0 Å². The lowest BCUT2D eigenvalue weighted by molar-refractivity contribution is 0.543. The Hall–Kier alpha value is -0.340. The van der Waals surface area contributed by atoms with Crippen LogP contribution in [-0.2, 0) is 18.4 Å². The van der Waals surface area contributed by atoms with Crippen molar-refractivity contribution in [1.82, 2.24) is 0 Å². The molecule has 1 aromatic heterocycles. The van der Waals surface area contributed by atoms with Crippen LogP contribution in [-0.4, -0.2) is 0 Å². The van der Waals surface area contributed by atoms with Gasteiger partial charge in [-0.15, -0.1) is 11.3 Å². The molecular formula is C11H17NS. The van der Waals surface area contributed by atoms with Crippen LogP contribution in [0.5, 0.6) is 0 Å². The summed E-state index contributed by atoms with van der Waals surface area (Å²) in [6.45, 7) is 4.20. The van der Waals surface area contributed by atoms with Crippen molar-refractivity contribution >= 4 is 11.3 Å². The predicted molar refractivity (Wildman–Crippen MR) is 58.2 cm³/mol. The zero-order valence-corrected chi connectivity index (χ0v) is 9.21. The molecule has 0 spiro atoms. The molecule has 1 aliphatic rings.